The molecule has 0 bridgehead atoms. The van der Waals surface area contributed by atoms with E-state index >= 15 is 0 Å². The lowest BCUT2D eigenvalue weighted by molar-refractivity contribution is 0.668. The second-order valence-electron chi connectivity index (χ2n) is 14.3. The van der Waals surface area contributed by atoms with Gasteiger partial charge < -0.3 is 8.83 Å². The highest BCUT2D eigenvalue weighted by Gasteiger charge is 2.20. The first-order chi connectivity index (χ1) is 28.2. The van der Waals surface area contributed by atoms with E-state index in [1.54, 1.807) is 0 Å². The highest BCUT2D eigenvalue weighted by Crippen LogP contribution is 2.45. The molecule has 4 heterocycles. The first-order valence-electron chi connectivity index (χ1n) is 18.9. The molecule has 57 heavy (non-hydrogen) atoms. The van der Waals surface area contributed by atoms with E-state index in [-0.39, 0.29) is 0 Å². The van der Waals surface area contributed by atoms with E-state index in [2.05, 4.69) is 97.1 Å². The Bertz CT molecular complexity index is 3470. The fourth-order valence-electron chi connectivity index (χ4n) is 8.23. The molecule has 0 radical (unpaired) electrons. The molecular weight excluding hydrogens is 719 g/mol. The Morgan fingerprint density at radius 2 is 0.965 bits per heavy atom. The zero-order valence-electron chi connectivity index (χ0n) is 30.3. The number of thiophene rings is 1. The predicted octanol–water partition coefficient (Wildman–Crippen LogP) is 14.4. The molecule has 0 spiro atoms. The summed E-state index contributed by atoms with van der Waals surface area (Å²) in [6, 6.07) is 60.9. The van der Waals surface area contributed by atoms with Crippen LogP contribution in [0.3, 0.4) is 0 Å². The molecule has 0 aliphatic carbocycles. The molecule has 0 aliphatic rings. The maximum atomic E-state index is 6.84. The van der Waals surface area contributed by atoms with Crippen molar-refractivity contribution in [1.29, 1.82) is 0 Å². The van der Waals surface area contributed by atoms with Crippen LogP contribution < -0.4 is 0 Å². The zero-order valence-corrected chi connectivity index (χ0v) is 31.1. The summed E-state index contributed by atoms with van der Waals surface area (Å²) in [6.45, 7) is 0. The molecule has 266 valence electrons. The van der Waals surface area contributed by atoms with Gasteiger partial charge in [-0.3, -0.25) is 0 Å². The van der Waals surface area contributed by atoms with Crippen LogP contribution in [0.4, 0.5) is 0 Å². The SMILES string of the molecule is c1ccc(-c2nc(-c3ccccc3)nc(-c3ccc4c(c3)oc3c(-c5cc(-c6ccc7sc8ccccc8c7c6)c6c(c5)oc5ccccc56)cccc34)n2)cc1. The number of hydrogen-bond donors (Lipinski definition) is 0. The van der Waals surface area contributed by atoms with Gasteiger partial charge in [0.25, 0.3) is 0 Å². The van der Waals surface area contributed by atoms with Crippen LogP contribution in [0.25, 0.3) is 120 Å². The average Bonchev–Trinajstić information content (AvgIpc) is 3.97. The number of fused-ring (bicyclic) bond motifs is 9. The third-order valence-electron chi connectivity index (χ3n) is 10.9. The van der Waals surface area contributed by atoms with Crippen molar-refractivity contribution < 1.29 is 8.83 Å². The Morgan fingerprint density at radius 1 is 0.333 bits per heavy atom. The van der Waals surface area contributed by atoms with Gasteiger partial charge in [-0.1, -0.05) is 127 Å². The maximum Gasteiger partial charge on any atom is 0.164 e. The standard InChI is InChI=1S/C51H29N3O2S/c1-3-12-30(13-4-1)49-52-50(31-14-5-2-6-15-31)54-51(53-49)33-22-24-36-38-19-11-18-35(48(38)56-43(36)28-33)34-27-40(47-39-17-7-9-20-42(39)55-44(47)29-34)32-23-25-46-41(26-32)37-16-8-10-21-45(37)57-46/h1-29H. The van der Waals surface area contributed by atoms with Crippen molar-refractivity contribution in [3.8, 4) is 56.4 Å². The van der Waals surface area contributed by atoms with Crippen molar-refractivity contribution in [2.24, 2.45) is 0 Å². The molecule has 0 fully saturated rings. The molecule has 0 saturated carbocycles. The fraction of sp³-hybridized carbons (Fsp3) is 0. The van der Waals surface area contributed by atoms with Crippen molar-refractivity contribution in [1.82, 2.24) is 15.0 Å². The van der Waals surface area contributed by atoms with Crippen LogP contribution >= 0.6 is 11.3 Å². The number of aromatic nitrogens is 3. The molecule has 0 amide bonds. The first-order valence-corrected chi connectivity index (χ1v) is 19.7. The van der Waals surface area contributed by atoms with Crippen molar-refractivity contribution in [3.63, 3.8) is 0 Å². The average molecular weight is 748 g/mol. The number of para-hydroxylation sites is 2. The van der Waals surface area contributed by atoms with Gasteiger partial charge in [-0.05, 0) is 65.2 Å². The number of benzene rings is 8. The van der Waals surface area contributed by atoms with Gasteiger partial charge in [-0.25, -0.2) is 15.0 Å². The molecule has 0 saturated heterocycles. The minimum absolute atomic E-state index is 0.584. The van der Waals surface area contributed by atoms with E-state index in [4.69, 9.17) is 23.8 Å². The lowest BCUT2D eigenvalue weighted by Crippen LogP contribution is -2.00. The first kappa shape index (κ1) is 31.9. The third-order valence-corrected chi connectivity index (χ3v) is 12.1. The van der Waals surface area contributed by atoms with Gasteiger partial charge in [0.2, 0.25) is 0 Å². The van der Waals surface area contributed by atoms with Crippen molar-refractivity contribution in [2.75, 3.05) is 0 Å². The minimum Gasteiger partial charge on any atom is -0.456 e. The summed E-state index contributed by atoms with van der Waals surface area (Å²) in [5.41, 5.74) is 10.3. The molecule has 6 heteroatoms. The normalized spacial score (nSPS) is 11.9. The zero-order chi connectivity index (χ0) is 37.5. The van der Waals surface area contributed by atoms with Crippen molar-refractivity contribution >= 4 is 75.4 Å². The summed E-state index contributed by atoms with van der Waals surface area (Å²) >= 11 is 1.83. The largest absolute Gasteiger partial charge is 0.456 e. The van der Waals surface area contributed by atoms with Gasteiger partial charge in [0.1, 0.15) is 22.3 Å². The van der Waals surface area contributed by atoms with Crippen LogP contribution in [0.15, 0.2) is 185 Å². The van der Waals surface area contributed by atoms with Gasteiger partial charge in [-0.15, -0.1) is 11.3 Å². The van der Waals surface area contributed by atoms with Crippen LogP contribution in [0.2, 0.25) is 0 Å². The van der Waals surface area contributed by atoms with Crippen LogP contribution in [0.1, 0.15) is 0 Å². The van der Waals surface area contributed by atoms with Gasteiger partial charge in [0, 0.05) is 64.0 Å². The number of rotatable bonds is 5. The Morgan fingerprint density at radius 3 is 1.75 bits per heavy atom. The molecule has 8 aromatic carbocycles. The molecule has 0 N–H and O–H groups in total. The number of furan rings is 2. The van der Waals surface area contributed by atoms with E-state index in [1.807, 2.05) is 90.2 Å². The third kappa shape index (κ3) is 5.19. The smallest absolute Gasteiger partial charge is 0.164 e. The maximum absolute atomic E-state index is 6.84. The summed E-state index contributed by atoms with van der Waals surface area (Å²) in [5.74, 6) is 1.82. The number of hydrogen-bond acceptors (Lipinski definition) is 6. The highest BCUT2D eigenvalue weighted by atomic mass is 32.1. The lowest BCUT2D eigenvalue weighted by Gasteiger charge is -2.10. The van der Waals surface area contributed by atoms with E-state index in [9.17, 15) is 0 Å². The molecule has 0 unspecified atom stereocenters. The molecule has 4 aromatic heterocycles. The molecular formula is C51H29N3O2S. The summed E-state index contributed by atoms with van der Waals surface area (Å²) in [5, 5.41) is 6.81. The summed E-state index contributed by atoms with van der Waals surface area (Å²) in [6.07, 6.45) is 0. The quantitative estimate of drug-likeness (QED) is 0.175. The highest BCUT2D eigenvalue weighted by molar-refractivity contribution is 7.25. The Labute approximate surface area is 330 Å². The van der Waals surface area contributed by atoms with Crippen LogP contribution in [-0.2, 0) is 0 Å². The van der Waals surface area contributed by atoms with Crippen molar-refractivity contribution in [3.05, 3.63) is 176 Å². The number of nitrogens with zero attached hydrogens (tertiary/aromatic N) is 3. The second-order valence-corrected chi connectivity index (χ2v) is 15.4. The Hall–Kier alpha value is -7.41. The molecule has 0 aliphatic heterocycles. The van der Waals surface area contributed by atoms with Gasteiger partial charge in [-0.2, -0.15) is 0 Å². The summed E-state index contributed by atoms with van der Waals surface area (Å²) in [7, 11) is 0. The minimum atomic E-state index is 0.584. The molecule has 0 atom stereocenters. The topological polar surface area (TPSA) is 65.0 Å². The van der Waals surface area contributed by atoms with E-state index in [0.29, 0.717) is 17.5 Å². The van der Waals surface area contributed by atoms with Crippen LogP contribution in [0.5, 0.6) is 0 Å². The van der Waals surface area contributed by atoms with E-state index < -0.39 is 0 Å². The monoisotopic (exact) mass is 747 g/mol. The lowest BCUT2D eigenvalue weighted by atomic mass is 9.93. The van der Waals surface area contributed by atoms with E-state index in [0.717, 1.165) is 82.8 Å². The Balaban J connectivity index is 1.04. The fourth-order valence-corrected chi connectivity index (χ4v) is 9.32. The molecule has 5 nitrogen and oxygen atoms in total. The summed E-state index contributed by atoms with van der Waals surface area (Å²) in [4.78, 5) is 14.8. The van der Waals surface area contributed by atoms with Gasteiger partial charge >= 0.3 is 0 Å². The van der Waals surface area contributed by atoms with Crippen LogP contribution in [0, 0.1) is 0 Å². The summed E-state index contributed by atoms with van der Waals surface area (Å²) < 4.78 is 16.0. The van der Waals surface area contributed by atoms with Gasteiger partial charge in [0.15, 0.2) is 17.5 Å². The van der Waals surface area contributed by atoms with Crippen molar-refractivity contribution in [2.45, 2.75) is 0 Å². The van der Waals surface area contributed by atoms with Crippen LogP contribution in [-0.4, -0.2) is 15.0 Å². The molecule has 12 aromatic rings. The second kappa shape index (κ2) is 12.6. The molecule has 12 rings (SSSR count). The van der Waals surface area contributed by atoms with Gasteiger partial charge in [0.05, 0.1) is 0 Å². The Kier molecular flexibility index (Phi) is 7.03. The predicted molar refractivity (Wildman–Crippen MR) is 234 cm³/mol. The van der Waals surface area contributed by atoms with E-state index in [1.165, 1.54) is 20.2 Å².